The van der Waals surface area contributed by atoms with E-state index in [1.54, 1.807) is 13.0 Å². The van der Waals surface area contributed by atoms with Gasteiger partial charge in [0.05, 0.1) is 16.4 Å². The number of Topliss-reactive ketones (excluding diaryl/α,β-unsaturated/α-hetero) is 1. The number of rotatable bonds is 5. The number of hydrogen-bond acceptors (Lipinski definition) is 5. The van der Waals surface area contributed by atoms with Gasteiger partial charge in [-0.1, -0.05) is 19.1 Å². The molecule has 0 saturated carbocycles. The van der Waals surface area contributed by atoms with E-state index in [1.807, 2.05) is 0 Å². The van der Waals surface area contributed by atoms with E-state index in [0.717, 1.165) is 0 Å². The molecule has 1 aromatic carbocycles. The van der Waals surface area contributed by atoms with Crippen molar-refractivity contribution in [1.29, 1.82) is 0 Å². The van der Waals surface area contributed by atoms with Crippen molar-refractivity contribution < 1.29 is 21.6 Å². The number of carbonyl (C=O) groups is 1. The Labute approximate surface area is 124 Å². The normalized spacial score (nSPS) is 21.3. The van der Waals surface area contributed by atoms with Crippen LogP contribution >= 0.6 is 0 Å². The maximum Gasteiger partial charge on any atom is 0.240 e. The van der Waals surface area contributed by atoms with Gasteiger partial charge in [-0.15, -0.1) is 0 Å². The number of nitrogens with one attached hydrogen (secondary N) is 1. The first kappa shape index (κ1) is 16.1. The monoisotopic (exact) mass is 331 g/mol. The molecular weight excluding hydrogens is 314 g/mol. The molecule has 0 amide bonds. The van der Waals surface area contributed by atoms with Gasteiger partial charge in [0, 0.05) is 18.0 Å². The van der Waals surface area contributed by atoms with Crippen LogP contribution in [-0.4, -0.2) is 40.2 Å². The Hall–Kier alpha value is -1.25. The first-order valence-electron chi connectivity index (χ1n) is 6.59. The van der Waals surface area contributed by atoms with E-state index in [9.17, 15) is 21.6 Å². The lowest BCUT2D eigenvalue weighted by Crippen LogP contribution is -2.35. The molecule has 1 aromatic rings. The van der Waals surface area contributed by atoms with E-state index in [0.29, 0.717) is 5.56 Å². The highest BCUT2D eigenvalue weighted by molar-refractivity contribution is 7.92. The summed E-state index contributed by atoms with van der Waals surface area (Å²) in [6.07, 6.45) is 0.562. The van der Waals surface area contributed by atoms with Crippen molar-refractivity contribution in [2.24, 2.45) is 0 Å². The van der Waals surface area contributed by atoms with Crippen molar-refractivity contribution in [3.8, 4) is 0 Å². The van der Waals surface area contributed by atoms with Crippen molar-refractivity contribution >= 4 is 25.6 Å². The average Bonchev–Trinajstić information content (AvgIpc) is 2.76. The third-order valence-electron chi connectivity index (χ3n) is 3.34. The van der Waals surface area contributed by atoms with Gasteiger partial charge in [0.1, 0.15) is 0 Å². The minimum Gasteiger partial charge on any atom is -0.294 e. The Morgan fingerprint density at radius 2 is 2.10 bits per heavy atom. The summed E-state index contributed by atoms with van der Waals surface area (Å²) in [5, 5.41) is 0. The maximum atomic E-state index is 12.2. The summed E-state index contributed by atoms with van der Waals surface area (Å²) in [4.78, 5) is 11.6. The van der Waals surface area contributed by atoms with Crippen molar-refractivity contribution in [3.05, 3.63) is 29.8 Å². The lowest BCUT2D eigenvalue weighted by Gasteiger charge is -2.12. The molecule has 21 heavy (non-hydrogen) atoms. The van der Waals surface area contributed by atoms with Gasteiger partial charge in [-0.2, -0.15) is 0 Å². The average molecular weight is 331 g/mol. The minimum absolute atomic E-state index is 0.00541. The highest BCUT2D eigenvalue weighted by Crippen LogP contribution is 2.17. The molecule has 1 N–H and O–H groups in total. The lowest BCUT2D eigenvalue weighted by molar-refractivity contribution is 0.0988. The van der Waals surface area contributed by atoms with Gasteiger partial charge < -0.3 is 0 Å². The summed E-state index contributed by atoms with van der Waals surface area (Å²) >= 11 is 0. The Kier molecular flexibility index (Phi) is 4.50. The van der Waals surface area contributed by atoms with Crippen LogP contribution in [0.2, 0.25) is 0 Å². The van der Waals surface area contributed by atoms with Gasteiger partial charge in [-0.3, -0.25) is 4.79 Å². The molecule has 1 heterocycles. The summed E-state index contributed by atoms with van der Waals surface area (Å²) in [6.45, 7) is 1.70. The molecule has 1 fully saturated rings. The zero-order valence-electron chi connectivity index (χ0n) is 11.6. The Bertz CT molecular complexity index is 753. The van der Waals surface area contributed by atoms with Crippen LogP contribution in [0.5, 0.6) is 0 Å². The van der Waals surface area contributed by atoms with Gasteiger partial charge in [-0.05, 0) is 18.6 Å². The molecule has 0 spiro atoms. The molecule has 1 aliphatic rings. The fraction of sp³-hybridized carbons (Fsp3) is 0.462. The summed E-state index contributed by atoms with van der Waals surface area (Å²) in [7, 11) is -6.98. The minimum atomic E-state index is -3.82. The summed E-state index contributed by atoms with van der Waals surface area (Å²) in [5.41, 5.74) is 0.333. The van der Waals surface area contributed by atoms with Crippen LogP contribution in [0.25, 0.3) is 0 Å². The molecule has 1 aliphatic heterocycles. The predicted molar refractivity (Wildman–Crippen MR) is 78.4 cm³/mol. The van der Waals surface area contributed by atoms with E-state index in [1.165, 1.54) is 18.2 Å². The number of hydrogen-bond donors (Lipinski definition) is 1. The predicted octanol–water partition coefficient (Wildman–Crippen LogP) is 0.745. The molecule has 2 rings (SSSR count). The molecule has 1 atom stereocenters. The second kappa shape index (κ2) is 5.86. The molecule has 0 bridgehead atoms. The van der Waals surface area contributed by atoms with E-state index in [2.05, 4.69) is 4.72 Å². The van der Waals surface area contributed by atoms with Crippen LogP contribution < -0.4 is 4.72 Å². The highest BCUT2D eigenvalue weighted by Gasteiger charge is 2.31. The molecular formula is C13H17NO5S2. The largest absolute Gasteiger partial charge is 0.294 e. The first-order valence-corrected chi connectivity index (χ1v) is 9.90. The first-order chi connectivity index (χ1) is 9.73. The van der Waals surface area contributed by atoms with E-state index in [-0.39, 0.29) is 35.0 Å². The SMILES string of the molecule is CCC(=O)c1cccc(S(=O)(=O)N[C@@H]2CCS(=O)(=O)C2)c1. The van der Waals surface area contributed by atoms with Crippen LogP contribution in [-0.2, 0) is 19.9 Å². The number of benzene rings is 1. The van der Waals surface area contributed by atoms with Crippen LogP contribution in [0.1, 0.15) is 30.1 Å². The standard InChI is InChI=1S/C13H17NO5S2/c1-2-13(15)10-4-3-5-12(8-10)21(18,19)14-11-6-7-20(16,17)9-11/h3-5,8,11,14H,2,6-7,9H2,1H3/t11-/m1/s1. The number of carbonyl (C=O) groups excluding carboxylic acids is 1. The lowest BCUT2D eigenvalue weighted by atomic mass is 10.1. The molecule has 0 aliphatic carbocycles. The van der Waals surface area contributed by atoms with Crippen LogP contribution in [0.4, 0.5) is 0 Å². The Morgan fingerprint density at radius 1 is 1.38 bits per heavy atom. The smallest absolute Gasteiger partial charge is 0.240 e. The zero-order chi connectivity index (χ0) is 15.7. The summed E-state index contributed by atoms with van der Waals surface area (Å²) in [5.74, 6) is -0.329. The zero-order valence-corrected chi connectivity index (χ0v) is 13.2. The number of ketones is 1. The van der Waals surface area contributed by atoms with Gasteiger partial charge in [-0.25, -0.2) is 21.6 Å². The molecule has 8 heteroatoms. The van der Waals surface area contributed by atoms with E-state index in [4.69, 9.17) is 0 Å². The van der Waals surface area contributed by atoms with Crippen molar-refractivity contribution in [2.75, 3.05) is 11.5 Å². The maximum absolute atomic E-state index is 12.2. The van der Waals surface area contributed by atoms with Crippen LogP contribution in [0, 0.1) is 0 Å². The van der Waals surface area contributed by atoms with Gasteiger partial charge in [0.15, 0.2) is 15.6 Å². The van der Waals surface area contributed by atoms with Crippen molar-refractivity contribution in [1.82, 2.24) is 4.72 Å². The molecule has 0 radical (unpaired) electrons. The molecule has 6 nitrogen and oxygen atoms in total. The Morgan fingerprint density at radius 3 is 2.67 bits per heavy atom. The van der Waals surface area contributed by atoms with Gasteiger partial charge >= 0.3 is 0 Å². The number of sulfonamides is 1. The molecule has 116 valence electrons. The van der Waals surface area contributed by atoms with Crippen molar-refractivity contribution in [2.45, 2.75) is 30.7 Å². The van der Waals surface area contributed by atoms with E-state index >= 15 is 0 Å². The topological polar surface area (TPSA) is 97.4 Å². The van der Waals surface area contributed by atoms with E-state index < -0.39 is 25.9 Å². The molecule has 1 saturated heterocycles. The molecule has 0 aromatic heterocycles. The number of sulfone groups is 1. The summed E-state index contributed by atoms with van der Waals surface area (Å²) < 4.78 is 49.6. The fourth-order valence-corrected chi connectivity index (χ4v) is 5.31. The Balaban J connectivity index is 2.22. The van der Waals surface area contributed by atoms with Crippen LogP contribution in [0.15, 0.2) is 29.2 Å². The highest BCUT2D eigenvalue weighted by atomic mass is 32.2. The van der Waals surface area contributed by atoms with Crippen LogP contribution in [0.3, 0.4) is 0 Å². The third-order valence-corrected chi connectivity index (χ3v) is 6.63. The van der Waals surface area contributed by atoms with Gasteiger partial charge in [0.2, 0.25) is 10.0 Å². The fourth-order valence-electron chi connectivity index (χ4n) is 2.22. The third kappa shape index (κ3) is 3.90. The second-order valence-corrected chi connectivity index (χ2v) is 8.97. The van der Waals surface area contributed by atoms with Crippen molar-refractivity contribution in [3.63, 3.8) is 0 Å². The quantitative estimate of drug-likeness (QED) is 0.803. The van der Waals surface area contributed by atoms with Gasteiger partial charge in [0.25, 0.3) is 0 Å². The summed E-state index contributed by atoms with van der Waals surface area (Å²) in [6, 6.07) is 5.16. The molecule has 0 unspecified atom stereocenters. The second-order valence-electron chi connectivity index (χ2n) is 5.03.